The molecule has 2 rings (SSSR count). The standard InChI is InChI=1S/C12H16N2S2/c1-3-11-4-5-12(16-11)9(2)13-6-10-7-15-8-14-10/h4-5,7-9,13H,3,6H2,1-2H3. The SMILES string of the molecule is CCc1ccc(C(C)NCc2cscn2)s1. The predicted molar refractivity (Wildman–Crippen MR) is 71.1 cm³/mol. The van der Waals surface area contributed by atoms with Crippen molar-refractivity contribution >= 4 is 22.7 Å². The fraction of sp³-hybridized carbons (Fsp3) is 0.417. The van der Waals surface area contributed by atoms with E-state index < -0.39 is 0 Å². The number of rotatable bonds is 5. The minimum atomic E-state index is 0.409. The summed E-state index contributed by atoms with van der Waals surface area (Å²) >= 11 is 3.54. The molecule has 86 valence electrons. The van der Waals surface area contributed by atoms with Gasteiger partial charge in [-0.3, -0.25) is 0 Å². The summed E-state index contributed by atoms with van der Waals surface area (Å²) in [5, 5.41) is 5.58. The van der Waals surface area contributed by atoms with Crippen molar-refractivity contribution < 1.29 is 0 Å². The Morgan fingerprint density at radius 3 is 2.94 bits per heavy atom. The molecule has 0 fully saturated rings. The summed E-state index contributed by atoms with van der Waals surface area (Å²) < 4.78 is 0. The number of hydrogen-bond donors (Lipinski definition) is 1. The highest BCUT2D eigenvalue weighted by atomic mass is 32.1. The molecule has 2 aromatic heterocycles. The van der Waals surface area contributed by atoms with Crippen LogP contribution in [-0.4, -0.2) is 4.98 Å². The topological polar surface area (TPSA) is 24.9 Å². The highest BCUT2D eigenvalue weighted by Crippen LogP contribution is 2.23. The van der Waals surface area contributed by atoms with E-state index in [0.717, 1.165) is 18.7 Å². The number of aryl methyl sites for hydroxylation is 1. The first kappa shape index (κ1) is 11.8. The van der Waals surface area contributed by atoms with Gasteiger partial charge in [0.25, 0.3) is 0 Å². The summed E-state index contributed by atoms with van der Waals surface area (Å²) in [5.41, 5.74) is 3.01. The Balaban J connectivity index is 1.90. The van der Waals surface area contributed by atoms with E-state index in [1.165, 1.54) is 9.75 Å². The molecule has 0 aromatic carbocycles. The molecule has 16 heavy (non-hydrogen) atoms. The summed E-state index contributed by atoms with van der Waals surface area (Å²) in [5.74, 6) is 0. The maximum absolute atomic E-state index is 4.26. The minimum absolute atomic E-state index is 0.409. The zero-order valence-electron chi connectivity index (χ0n) is 9.56. The van der Waals surface area contributed by atoms with Crippen LogP contribution >= 0.6 is 22.7 Å². The summed E-state index contributed by atoms with van der Waals surface area (Å²) in [6.45, 7) is 5.25. The van der Waals surface area contributed by atoms with Crippen LogP contribution in [0.5, 0.6) is 0 Å². The molecule has 0 aliphatic carbocycles. The molecular weight excluding hydrogens is 236 g/mol. The Hall–Kier alpha value is -0.710. The molecule has 0 aliphatic heterocycles. The van der Waals surface area contributed by atoms with Gasteiger partial charge in [0.2, 0.25) is 0 Å². The second kappa shape index (κ2) is 5.57. The van der Waals surface area contributed by atoms with Crippen molar-refractivity contribution in [2.24, 2.45) is 0 Å². The van der Waals surface area contributed by atoms with Crippen molar-refractivity contribution in [2.45, 2.75) is 32.9 Å². The molecule has 0 radical (unpaired) electrons. The average molecular weight is 252 g/mol. The van der Waals surface area contributed by atoms with Gasteiger partial charge in [-0.15, -0.1) is 22.7 Å². The molecule has 2 aromatic rings. The lowest BCUT2D eigenvalue weighted by Crippen LogP contribution is -2.17. The third-order valence-corrected chi connectivity index (χ3v) is 4.58. The van der Waals surface area contributed by atoms with E-state index >= 15 is 0 Å². The second-order valence-corrected chi connectivity index (χ2v) is 5.66. The molecule has 0 aliphatic rings. The lowest BCUT2D eigenvalue weighted by Gasteiger charge is -2.10. The summed E-state index contributed by atoms with van der Waals surface area (Å²) in [7, 11) is 0. The van der Waals surface area contributed by atoms with Crippen LogP contribution < -0.4 is 5.32 Å². The van der Waals surface area contributed by atoms with Gasteiger partial charge in [-0.2, -0.15) is 0 Å². The molecule has 2 heterocycles. The molecular formula is C12H16N2S2. The van der Waals surface area contributed by atoms with E-state index in [2.05, 4.69) is 41.7 Å². The maximum Gasteiger partial charge on any atom is 0.0795 e. The summed E-state index contributed by atoms with van der Waals surface area (Å²) in [6.07, 6.45) is 1.13. The van der Waals surface area contributed by atoms with Crippen molar-refractivity contribution in [3.63, 3.8) is 0 Å². The summed E-state index contributed by atoms with van der Waals surface area (Å²) in [6, 6.07) is 4.86. The van der Waals surface area contributed by atoms with E-state index in [-0.39, 0.29) is 0 Å². The van der Waals surface area contributed by atoms with E-state index in [0.29, 0.717) is 6.04 Å². The van der Waals surface area contributed by atoms with Crippen LogP contribution in [0.3, 0.4) is 0 Å². The predicted octanol–water partition coefficient (Wildman–Crippen LogP) is 3.62. The second-order valence-electron chi connectivity index (χ2n) is 3.74. The first-order valence-electron chi connectivity index (χ1n) is 5.48. The molecule has 0 saturated carbocycles. The largest absolute Gasteiger partial charge is 0.304 e. The number of thiophene rings is 1. The minimum Gasteiger partial charge on any atom is -0.304 e. The lowest BCUT2D eigenvalue weighted by atomic mass is 10.2. The van der Waals surface area contributed by atoms with Gasteiger partial charge >= 0.3 is 0 Å². The maximum atomic E-state index is 4.26. The van der Waals surface area contributed by atoms with E-state index in [1.807, 2.05) is 16.8 Å². The molecule has 0 spiro atoms. The fourth-order valence-corrected chi connectivity index (χ4v) is 3.04. The zero-order chi connectivity index (χ0) is 11.4. The number of nitrogens with zero attached hydrogens (tertiary/aromatic N) is 1. The molecule has 4 heteroatoms. The van der Waals surface area contributed by atoms with Crippen molar-refractivity contribution in [3.05, 3.63) is 38.5 Å². The van der Waals surface area contributed by atoms with Crippen LogP contribution in [-0.2, 0) is 13.0 Å². The Kier molecular flexibility index (Phi) is 4.09. The zero-order valence-corrected chi connectivity index (χ0v) is 11.2. The number of hydrogen-bond acceptors (Lipinski definition) is 4. The molecule has 0 amide bonds. The van der Waals surface area contributed by atoms with Gasteiger partial charge in [0.05, 0.1) is 11.2 Å². The van der Waals surface area contributed by atoms with Gasteiger partial charge in [0.1, 0.15) is 0 Å². The first-order chi connectivity index (χ1) is 7.79. The quantitative estimate of drug-likeness (QED) is 0.879. The molecule has 0 saturated heterocycles. The van der Waals surface area contributed by atoms with Crippen molar-refractivity contribution in [1.29, 1.82) is 0 Å². The molecule has 1 atom stereocenters. The fourth-order valence-electron chi connectivity index (χ4n) is 1.50. The van der Waals surface area contributed by atoms with E-state index in [1.54, 1.807) is 11.3 Å². The normalized spacial score (nSPS) is 12.9. The summed E-state index contributed by atoms with van der Waals surface area (Å²) in [4.78, 5) is 7.13. The number of thiazole rings is 1. The van der Waals surface area contributed by atoms with E-state index in [9.17, 15) is 0 Å². The third kappa shape index (κ3) is 2.90. The third-order valence-electron chi connectivity index (χ3n) is 2.53. The Morgan fingerprint density at radius 1 is 1.44 bits per heavy atom. The number of nitrogens with one attached hydrogen (secondary N) is 1. The van der Waals surface area contributed by atoms with Crippen LogP contribution in [0.4, 0.5) is 0 Å². The first-order valence-corrected chi connectivity index (χ1v) is 7.24. The smallest absolute Gasteiger partial charge is 0.0795 e. The molecule has 1 N–H and O–H groups in total. The monoisotopic (exact) mass is 252 g/mol. The highest BCUT2D eigenvalue weighted by Gasteiger charge is 2.07. The Morgan fingerprint density at radius 2 is 2.31 bits per heavy atom. The van der Waals surface area contributed by atoms with Gasteiger partial charge in [-0.1, -0.05) is 6.92 Å². The average Bonchev–Trinajstić information content (AvgIpc) is 2.96. The van der Waals surface area contributed by atoms with E-state index in [4.69, 9.17) is 0 Å². The van der Waals surface area contributed by atoms with Crippen LogP contribution in [0.15, 0.2) is 23.0 Å². The molecule has 2 nitrogen and oxygen atoms in total. The van der Waals surface area contributed by atoms with Crippen LogP contribution in [0.1, 0.15) is 35.3 Å². The van der Waals surface area contributed by atoms with Crippen molar-refractivity contribution in [2.75, 3.05) is 0 Å². The van der Waals surface area contributed by atoms with Gasteiger partial charge < -0.3 is 5.32 Å². The van der Waals surface area contributed by atoms with Crippen LogP contribution in [0, 0.1) is 0 Å². The molecule has 1 unspecified atom stereocenters. The van der Waals surface area contributed by atoms with Gasteiger partial charge in [-0.25, -0.2) is 4.98 Å². The van der Waals surface area contributed by atoms with Crippen molar-refractivity contribution in [1.82, 2.24) is 10.3 Å². The number of aromatic nitrogens is 1. The van der Waals surface area contributed by atoms with Crippen LogP contribution in [0.2, 0.25) is 0 Å². The highest BCUT2D eigenvalue weighted by molar-refractivity contribution is 7.12. The lowest BCUT2D eigenvalue weighted by molar-refractivity contribution is 0.577. The molecule has 0 bridgehead atoms. The van der Waals surface area contributed by atoms with Gasteiger partial charge in [0.15, 0.2) is 0 Å². The Bertz CT molecular complexity index is 420. The Labute approximate surface area is 104 Å². The van der Waals surface area contributed by atoms with Gasteiger partial charge in [0, 0.05) is 27.7 Å². The van der Waals surface area contributed by atoms with Gasteiger partial charge in [-0.05, 0) is 25.5 Å². The van der Waals surface area contributed by atoms with Crippen molar-refractivity contribution in [3.8, 4) is 0 Å². The van der Waals surface area contributed by atoms with Crippen LogP contribution in [0.25, 0.3) is 0 Å².